The van der Waals surface area contributed by atoms with E-state index in [4.69, 9.17) is 0 Å². The first-order valence-electron chi connectivity index (χ1n) is 5.90. The van der Waals surface area contributed by atoms with E-state index in [2.05, 4.69) is 21.7 Å². The summed E-state index contributed by atoms with van der Waals surface area (Å²) in [7, 11) is 0. The second kappa shape index (κ2) is 4.24. The first-order valence-corrected chi connectivity index (χ1v) is 6.78. The van der Waals surface area contributed by atoms with Gasteiger partial charge in [0, 0.05) is 24.5 Å². The highest BCUT2D eigenvalue weighted by Gasteiger charge is 2.23. The molecule has 1 aromatic rings. The molecule has 1 aromatic heterocycles. The smallest absolute Gasteiger partial charge is 0.0334 e. The van der Waals surface area contributed by atoms with Crippen molar-refractivity contribution in [2.75, 3.05) is 19.6 Å². The number of rotatable bonds is 2. The third-order valence-electron chi connectivity index (χ3n) is 3.57. The van der Waals surface area contributed by atoms with Crippen LogP contribution in [0.4, 0.5) is 0 Å². The van der Waals surface area contributed by atoms with E-state index in [1.165, 1.54) is 45.6 Å². The number of hydrogen-bond donors (Lipinski definition) is 1. The van der Waals surface area contributed by atoms with Crippen molar-refractivity contribution >= 4 is 11.3 Å². The van der Waals surface area contributed by atoms with E-state index in [1.807, 2.05) is 11.3 Å². The molecular formula is C12H18N2S. The topological polar surface area (TPSA) is 15.3 Å². The van der Waals surface area contributed by atoms with Crippen LogP contribution in [0.25, 0.3) is 0 Å². The molecule has 1 saturated heterocycles. The van der Waals surface area contributed by atoms with Gasteiger partial charge in [0.15, 0.2) is 0 Å². The second-order valence-electron chi connectivity index (χ2n) is 4.73. The van der Waals surface area contributed by atoms with Crippen LogP contribution in [-0.4, -0.2) is 24.5 Å². The Hall–Kier alpha value is -0.380. The SMILES string of the molecule is c1cc2c(s1)CN(CC1CCNCC1)C2. The van der Waals surface area contributed by atoms with Crippen LogP contribution in [0, 0.1) is 5.92 Å². The van der Waals surface area contributed by atoms with Gasteiger partial charge in [-0.2, -0.15) is 0 Å². The predicted molar refractivity (Wildman–Crippen MR) is 64.0 cm³/mol. The van der Waals surface area contributed by atoms with Crippen LogP contribution in [0.2, 0.25) is 0 Å². The molecule has 0 aliphatic carbocycles. The Balaban J connectivity index is 1.55. The van der Waals surface area contributed by atoms with Gasteiger partial charge in [-0.15, -0.1) is 11.3 Å². The molecule has 2 aliphatic rings. The molecule has 0 bridgehead atoms. The van der Waals surface area contributed by atoms with Crippen LogP contribution in [0.1, 0.15) is 23.3 Å². The average molecular weight is 222 g/mol. The van der Waals surface area contributed by atoms with Crippen molar-refractivity contribution in [1.29, 1.82) is 0 Å². The van der Waals surface area contributed by atoms with Crippen LogP contribution in [0.5, 0.6) is 0 Å². The monoisotopic (exact) mass is 222 g/mol. The Morgan fingerprint density at radius 3 is 3.00 bits per heavy atom. The van der Waals surface area contributed by atoms with Gasteiger partial charge in [-0.1, -0.05) is 0 Å². The Morgan fingerprint density at radius 1 is 1.33 bits per heavy atom. The van der Waals surface area contributed by atoms with Gasteiger partial charge in [0.25, 0.3) is 0 Å². The summed E-state index contributed by atoms with van der Waals surface area (Å²) in [5, 5.41) is 5.66. The zero-order valence-corrected chi connectivity index (χ0v) is 9.85. The Morgan fingerprint density at radius 2 is 2.20 bits per heavy atom. The lowest BCUT2D eigenvalue weighted by Crippen LogP contribution is -2.34. The van der Waals surface area contributed by atoms with Crippen molar-refractivity contribution in [3.63, 3.8) is 0 Å². The fourth-order valence-corrected chi connectivity index (χ4v) is 3.64. The van der Waals surface area contributed by atoms with Gasteiger partial charge in [0.2, 0.25) is 0 Å². The van der Waals surface area contributed by atoms with Gasteiger partial charge in [-0.25, -0.2) is 0 Å². The summed E-state index contributed by atoms with van der Waals surface area (Å²) < 4.78 is 0. The molecule has 3 heteroatoms. The fraction of sp³-hybridized carbons (Fsp3) is 0.667. The minimum absolute atomic E-state index is 0.931. The summed E-state index contributed by atoms with van der Waals surface area (Å²) in [5.41, 5.74) is 1.58. The predicted octanol–water partition coefficient (Wildman–Crippen LogP) is 2.06. The molecule has 3 rings (SSSR count). The van der Waals surface area contributed by atoms with Crippen molar-refractivity contribution in [2.45, 2.75) is 25.9 Å². The van der Waals surface area contributed by atoms with Gasteiger partial charge < -0.3 is 5.32 Å². The quantitative estimate of drug-likeness (QED) is 0.824. The maximum atomic E-state index is 3.44. The molecule has 2 aliphatic heterocycles. The molecule has 0 atom stereocenters. The summed E-state index contributed by atoms with van der Waals surface area (Å²) in [4.78, 5) is 4.22. The fourth-order valence-electron chi connectivity index (χ4n) is 2.71. The summed E-state index contributed by atoms with van der Waals surface area (Å²) >= 11 is 1.92. The Labute approximate surface area is 95.3 Å². The summed E-state index contributed by atoms with van der Waals surface area (Å²) in [6, 6.07) is 2.29. The van der Waals surface area contributed by atoms with E-state index in [0.717, 1.165) is 5.92 Å². The lowest BCUT2D eigenvalue weighted by atomic mass is 9.98. The number of hydrogen-bond acceptors (Lipinski definition) is 3. The van der Waals surface area contributed by atoms with Crippen LogP contribution in [0.15, 0.2) is 11.4 Å². The largest absolute Gasteiger partial charge is 0.317 e. The lowest BCUT2D eigenvalue weighted by molar-refractivity contribution is 0.209. The maximum Gasteiger partial charge on any atom is 0.0334 e. The van der Waals surface area contributed by atoms with Crippen LogP contribution in [0.3, 0.4) is 0 Å². The zero-order valence-electron chi connectivity index (χ0n) is 9.04. The van der Waals surface area contributed by atoms with Gasteiger partial charge in [0.1, 0.15) is 0 Å². The average Bonchev–Trinajstić information content (AvgIpc) is 2.79. The van der Waals surface area contributed by atoms with Crippen LogP contribution < -0.4 is 5.32 Å². The first kappa shape index (κ1) is 9.82. The van der Waals surface area contributed by atoms with Crippen molar-refractivity contribution in [3.8, 4) is 0 Å². The minimum Gasteiger partial charge on any atom is -0.317 e. The standard InChI is InChI=1S/C12H18N2S/c1-4-13-5-2-10(1)7-14-8-11-3-6-15-12(11)9-14/h3,6,10,13H,1-2,4-5,7-9H2. The Bertz CT molecular complexity index is 308. The van der Waals surface area contributed by atoms with E-state index in [0.29, 0.717) is 0 Å². The molecule has 0 aromatic carbocycles. The van der Waals surface area contributed by atoms with Gasteiger partial charge in [-0.3, -0.25) is 4.90 Å². The lowest BCUT2D eigenvalue weighted by Gasteiger charge is -2.27. The zero-order chi connectivity index (χ0) is 10.1. The van der Waals surface area contributed by atoms with Crippen LogP contribution >= 0.6 is 11.3 Å². The number of fused-ring (bicyclic) bond motifs is 1. The molecule has 1 N–H and O–H groups in total. The van der Waals surface area contributed by atoms with Crippen molar-refractivity contribution in [1.82, 2.24) is 10.2 Å². The minimum atomic E-state index is 0.931. The summed E-state index contributed by atoms with van der Waals surface area (Å²) in [6.07, 6.45) is 2.73. The molecule has 2 nitrogen and oxygen atoms in total. The number of nitrogens with zero attached hydrogens (tertiary/aromatic N) is 1. The molecule has 15 heavy (non-hydrogen) atoms. The maximum absolute atomic E-state index is 3.44. The molecule has 3 heterocycles. The molecule has 0 amide bonds. The third kappa shape index (κ3) is 2.10. The van der Waals surface area contributed by atoms with E-state index >= 15 is 0 Å². The molecule has 82 valence electrons. The van der Waals surface area contributed by atoms with Gasteiger partial charge in [-0.05, 0) is 48.9 Å². The molecular weight excluding hydrogens is 204 g/mol. The molecule has 0 radical (unpaired) electrons. The van der Waals surface area contributed by atoms with Crippen molar-refractivity contribution in [2.24, 2.45) is 5.92 Å². The molecule has 0 unspecified atom stereocenters. The highest BCUT2D eigenvalue weighted by molar-refractivity contribution is 7.10. The highest BCUT2D eigenvalue weighted by Crippen LogP contribution is 2.28. The number of piperidine rings is 1. The van der Waals surface area contributed by atoms with Gasteiger partial charge in [0.05, 0.1) is 0 Å². The summed E-state index contributed by atoms with van der Waals surface area (Å²) in [6.45, 7) is 6.16. The Kier molecular flexibility index (Phi) is 2.77. The summed E-state index contributed by atoms with van der Waals surface area (Å²) in [5.74, 6) is 0.931. The van der Waals surface area contributed by atoms with Gasteiger partial charge >= 0.3 is 0 Å². The van der Waals surface area contributed by atoms with E-state index in [9.17, 15) is 0 Å². The molecule has 1 fully saturated rings. The van der Waals surface area contributed by atoms with Crippen LogP contribution in [-0.2, 0) is 13.1 Å². The van der Waals surface area contributed by atoms with E-state index in [-0.39, 0.29) is 0 Å². The first-order chi connectivity index (χ1) is 7.42. The third-order valence-corrected chi connectivity index (χ3v) is 4.52. The van der Waals surface area contributed by atoms with E-state index in [1.54, 1.807) is 10.4 Å². The number of thiophene rings is 1. The molecule has 0 saturated carbocycles. The normalized spacial score (nSPS) is 23.2. The van der Waals surface area contributed by atoms with E-state index < -0.39 is 0 Å². The highest BCUT2D eigenvalue weighted by atomic mass is 32.1. The van der Waals surface area contributed by atoms with Crippen molar-refractivity contribution < 1.29 is 0 Å². The van der Waals surface area contributed by atoms with Crippen molar-refractivity contribution in [3.05, 3.63) is 21.9 Å². The number of nitrogens with one attached hydrogen (secondary N) is 1. The second-order valence-corrected chi connectivity index (χ2v) is 5.73. The molecule has 0 spiro atoms.